The molecule has 1 N–H and O–H groups in total. The van der Waals surface area contributed by atoms with Crippen molar-refractivity contribution in [1.82, 2.24) is 4.98 Å². The van der Waals surface area contributed by atoms with Gasteiger partial charge in [0.2, 0.25) is 0 Å². The van der Waals surface area contributed by atoms with E-state index in [2.05, 4.69) is 10.3 Å². The quantitative estimate of drug-likeness (QED) is 0.525. The average molecular weight is 427 g/mol. The highest BCUT2D eigenvalue weighted by molar-refractivity contribution is 6.30. The molecule has 0 aliphatic heterocycles. The van der Waals surface area contributed by atoms with E-state index in [0.717, 1.165) is 29.3 Å². The van der Waals surface area contributed by atoms with Crippen LogP contribution in [0.1, 0.15) is 43.6 Å². The fourth-order valence-corrected chi connectivity index (χ4v) is 5.18. The molecule has 0 saturated heterocycles. The van der Waals surface area contributed by atoms with Crippen molar-refractivity contribution < 1.29 is 13.6 Å². The van der Waals surface area contributed by atoms with E-state index in [-0.39, 0.29) is 18.2 Å². The molecule has 30 heavy (non-hydrogen) atoms. The van der Waals surface area contributed by atoms with Crippen molar-refractivity contribution in [1.29, 1.82) is 0 Å². The van der Waals surface area contributed by atoms with Crippen LogP contribution in [0.4, 0.5) is 14.5 Å². The molecule has 3 nitrogen and oxygen atoms in total. The minimum Gasteiger partial charge on any atom is -0.323 e. The topological polar surface area (TPSA) is 42.0 Å². The third-order valence-electron chi connectivity index (χ3n) is 6.88. The number of alkyl halides is 1. The predicted octanol–water partition coefficient (Wildman–Crippen LogP) is 6.42. The summed E-state index contributed by atoms with van der Waals surface area (Å²) in [5, 5.41) is 4.08. The molecule has 2 saturated carbocycles. The minimum absolute atomic E-state index is 0.215. The van der Waals surface area contributed by atoms with Gasteiger partial charge >= 0.3 is 0 Å². The van der Waals surface area contributed by atoms with Crippen LogP contribution in [0.15, 0.2) is 54.7 Å². The molecule has 2 fully saturated rings. The van der Waals surface area contributed by atoms with Crippen LogP contribution in [0.3, 0.4) is 0 Å². The molecule has 1 heterocycles. The number of fused-ring (bicyclic) bond motifs is 1. The maximum atomic E-state index is 15.5. The van der Waals surface area contributed by atoms with Gasteiger partial charge < -0.3 is 5.32 Å². The second-order valence-corrected chi connectivity index (χ2v) is 8.99. The van der Waals surface area contributed by atoms with E-state index in [1.165, 1.54) is 12.1 Å². The molecule has 2 aliphatic carbocycles. The summed E-state index contributed by atoms with van der Waals surface area (Å²) in [7, 11) is 0. The number of aromatic nitrogens is 1. The summed E-state index contributed by atoms with van der Waals surface area (Å²) in [6.45, 7) is 0. The van der Waals surface area contributed by atoms with Crippen LogP contribution in [0.5, 0.6) is 0 Å². The van der Waals surface area contributed by atoms with Gasteiger partial charge in [-0.15, -0.1) is 0 Å². The Bertz CT molecular complexity index is 1130. The number of amides is 1. The number of hydrogen-bond donors (Lipinski definition) is 1. The van der Waals surface area contributed by atoms with Gasteiger partial charge in [0, 0.05) is 34.1 Å². The van der Waals surface area contributed by atoms with Crippen LogP contribution in [0.25, 0.3) is 10.9 Å². The predicted molar refractivity (Wildman–Crippen MR) is 114 cm³/mol. The summed E-state index contributed by atoms with van der Waals surface area (Å²) in [6, 6.07) is 13.2. The zero-order valence-electron chi connectivity index (χ0n) is 16.3. The van der Waals surface area contributed by atoms with Crippen molar-refractivity contribution in [2.45, 2.75) is 43.7 Å². The smallest absolute Gasteiger partial charge is 0.262 e. The van der Waals surface area contributed by atoms with Gasteiger partial charge in [0.25, 0.3) is 5.91 Å². The number of rotatable bonds is 3. The Hall–Kier alpha value is -2.53. The average Bonchev–Trinajstić information content (AvgIpc) is 3.34. The number of nitrogens with one attached hydrogen (secondary N) is 1. The monoisotopic (exact) mass is 426 g/mol. The van der Waals surface area contributed by atoms with Gasteiger partial charge in [-0.1, -0.05) is 11.6 Å². The molecule has 1 amide bonds. The lowest BCUT2D eigenvalue weighted by Gasteiger charge is -2.31. The van der Waals surface area contributed by atoms with E-state index in [9.17, 15) is 9.18 Å². The molecule has 1 atom stereocenters. The van der Waals surface area contributed by atoms with Gasteiger partial charge in [-0.2, -0.15) is 0 Å². The number of carbonyl (C=O) groups is 1. The number of anilines is 1. The third-order valence-corrected chi connectivity index (χ3v) is 7.13. The summed E-state index contributed by atoms with van der Waals surface area (Å²) in [5.41, 5.74) is -0.0479. The van der Waals surface area contributed by atoms with Gasteiger partial charge in [0.15, 0.2) is 5.67 Å². The first-order chi connectivity index (χ1) is 14.4. The van der Waals surface area contributed by atoms with Gasteiger partial charge in [-0.25, -0.2) is 8.78 Å². The highest BCUT2D eigenvalue weighted by atomic mass is 35.5. The number of hydrogen-bond acceptors (Lipinski definition) is 2. The van der Waals surface area contributed by atoms with E-state index in [1.807, 2.05) is 6.07 Å². The van der Waals surface area contributed by atoms with Crippen LogP contribution < -0.4 is 5.32 Å². The zero-order chi connectivity index (χ0) is 20.9. The molecule has 6 heteroatoms. The van der Waals surface area contributed by atoms with Crippen LogP contribution in [0, 0.1) is 11.2 Å². The molecule has 0 unspecified atom stereocenters. The van der Waals surface area contributed by atoms with Crippen LogP contribution in [-0.4, -0.2) is 16.6 Å². The third kappa shape index (κ3) is 3.16. The van der Waals surface area contributed by atoms with Gasteiger partial charge in [-0.05, 0) is 85.7 Å². The summed E-state index contributed by atoms with van der Waals surface area (Å²) in [6.07, 6.45) is 4.83. The van der Waals surface area contributed by atoms with Crippen molar-refractivity contribution in [2.75, 3.05) is 5.32 Å². The largest absolute Gasteiger partial charge is 0.323 e. The Morgan fingerprint density at radius 1 is 1.10 bits per heavy atom. The van der Waals surface area contributed by atoms with Crippen molar-refractivity contribution >= 4 is 34.1 Å². The zero-order valence-corrected chi connectivity index (χ0v) is 17.1. The first-order valence-electron chi connectivity index (χ1n) is 10.2. The fraction of sp³-hybridized carbons (Fsp3) is 0.333. The van der Waals surface area contributed by atoms with Crippen LogP contribution in [0.2, 0.25) is 5.02 Å². The Labute approximate surface area is 178 Å². The lowest BCUT2D eigenvalue weighted by atomic mass is 9.74. The molecule has 154 valence electrons. The Morgan fingerprint density at radius 2 is 1.83 bits per heavy atom. The molecule has 5 rings (SSSR count). The number of benzene rings is 2. The Balaban J connectivity index is 1.30. The standard InChI is InChI=1S/C24H21ClF2N2O/c25-16-1-4-18(5-2-16)29-22(30)24(27)14-23(24)10-7-15(8-11-23)19-9-12-28-21-6-3-17(26)13-20(19)21/h1-6,9,12-13,15H,7-8,10-11,14H2,(H,29,30)/t15?,23?,24-/m0/s1. The fourth-order valence-electron chi connectivity index (χ4n) is 5.06. The van der Waals surface area contributed by atoms with Gasteiger partial charge in [0.1, 0.15) is 5.82 Å². The number of carbonyl (C=O) groups excluding carboxylic acids is 1. The first kappa shape index (κ1) is 19.4. The molecule has 3 aromatic rings. The minimum atomic E-state index is -1.83. The summed E-state index contributed by atoms with van der Waals surface area (Å²) < 4.78 is 29.3. The molecular weight excluding hydrogens is 406 g/mol. The number of halogens is 3. The molecule has 2 aromatic carbocycles. The van der Waals surface area contributed by atoms with Crippen molar-refractivity contribution in [2.24, 2.45) is 5.41 Å². The molecule has 1 spiro atoms. The molecular formula is C24H21ClF2N2O. The molecule has 1 aromatic heterocycles. The van der Waals surface area contributed by atoms with E-state index in [0.29, 0.717) is 23.6 Å². The van der Waals surface area contributed by atoms with Gasteiger partial charge in [0.05, 0.1) is 5.52 Å². The van der Waals surface area contributed by atoms with E-state index in [4.69, 9.17) is 11.6 Å². The van der Waals surface area contributed by atoms with E-state index in [1.54, 1.807) is 36.5 Å². The van der Waals surface area contributed by atoms with E-state index < -0.39 is 17.0 Å². The number of pyridine rings is 1. The number of nitrogens with zero attached hydrogens (tertiary/aromatic N) is 1. The highest BCUT2D eigenvalue weighted by Gasteiger charge is 2.73. The Kier molecular flexibility index (Phi) is 4.55. The van der Waals surface area contributed by atoms with Gasteiger partial charge in [-0.3, -0.25) is 9.78 Å². The molecule has 0 radical (unpaired) electrons. The van der Waals surface area contributed by atoms with E-state index >= 15 is 4.39 Å². The first-order valence-corrected chi connectivity index (χ1v) is 10.6. The molecule has 0 bridgehead atoms. The second-order valence-electron chi connectivity index (χ2n) is 8.56. The maximum Gasteiger partial charge on any atom is 0.262 e. The molecule has 2 aliphatic rings. The maximum absolute atomic E-state index is 15.5. The van der Waals surface area contributed by atoms with Crippen LogP contribution in [-0.2, 0) is 4.79 Å². The van der Waals surface area contributed by atoms with Crippen molar-refractivity contribution in [3.8, 4) is 0 Å². The normalized spacial score (nSPS) is 27.9. The lowest BCUT2D eigenvalue weighted by Crippen LogP contribution is -2.33. The van der Waals surface area contributed by atoms with Crippen molar-refractivity contribution in [3.63, 3.8) is 0 Å². The SMILES string of the molecule is O=C(Nc1ccc(Cl)cc1)[C@@]1(F)CC12CCC(c1ccnc3ccc(F)cc13)CC2. The van der Waals surface area contributed by atoms with Crippen molar-refractivity contribution in [3.05, 3.63) is 71.1 Å². The van der Waals surface area contributed by atoms with Crippen LogP contribution >= 0.6 is 11.6 Å². The summed E-state index contributed by atoms with van der Waals surface area (Å²) >= 11 is 5.86. The summed E-state index contributed by atoms with van der Waals surface area (Å²) in [5.74, 6) is -0.639. The highest BCUT2D eigenvalue weighted by Crippen LogP contribution is 2.68. The summed E-state index contributed by atoms with van der Waals surface area (Å²) in [4.78, 5) is 17.0. The Morgan fingerprint density at radius 3 is 2.57 bits per heavy atom. The second kappa shape index (κ2) is 7.02. The lowest BCUT2D eigenvalue weighted by molar-refractivity contribution is -0.124.